The van der Waals surface area contributed by atoms with Crippen molar-refractivity contribution in [2.45, 2.75) is 0 Å². The molecule has 0 saturated heterocycles. The average Bonchev–Trinajstić information content (AvgIpc) is 1.88. The summed E-state index contributed by atoms with van der Waals surface area (Å²) in [5, 5.41) is 0.693. The molecule has 0 aliphatic heterocycles. The molecule has 0 aliphatic carbocycles. The van der Waals surface area contributed by atoms with Crippen LogP contribution in [0.15, 0.2) is 24.3 Å². The van der Waals surface area contributed by atoms with Gasteiger partial charge < -0.3 is 0 Å². The van der Waals surface area contributed by atoms with E-state index in [4.69, 9.17) is 31.5 Å². The molecule has 0 bridgehead atoms. The molecule has 0 unspecified atom stereocenters. The van der Waals surface area contributed by atoms with Crippen molar-refractivity contribution in [2.24, 2.45) is 0 Å². The molecule has 0 radical (unpaired) electrons. The van der Waals surface area contributed by atoms with Crippen molar-refractivity contribution in [1.82, 2.24) is 0 Å². The minimum atomic E-state index is -1.76. The van der Waals surface area contributed by atoms with Crippen LogP contribution < -0.4 is 4.35 Å². The first kappa shape index (κ1) is 8.74. The van der Waals surface area contributed by atoms with E-state index in [2.05, 4.69) is 0 Å². The summed E-state index contributed by atoms with van der Waals surface area (Å²) >= 11 is 3.94. The molecule has 54 valence electrons. The van der Waals surface area contributed by atoms with Crippen molar-refractivity contribution in [3.8, 4) is 0 Å². The Balaban J connectivity index is 2.96. The fourth-order valence-corrected chi connectivity index (χ4v) is 2.94. The monoisotopic (exact) mass is 256 g/mol. The van der Waals surface area contributed by atoms with E-state index in [1.54, 1.807) is 6.07 Å². The summed E-state index contributed by atoms with van der Waals surface area (Å²) in [5.74, 6) is 0. The van der Waals surface area contributed by atoms with E-state index in [0.29, 0.717) is 5.02 Å². The molecule has 0 saturated carbocycles. The molecule has 0 N–H and O–H groups in total. The van der Waals surface area contributed by atoms with E-state index >= 15 is 0 Å². The molecule has 10 heavy (non-hydrogen) atoms. The maximum absolute atomic E-state index is 5.73. The number of hydrogen-bond acceptors (Lipinski definition) is 0. The third kappa shape index (κ3) is 2.36. The Morgan fingerprint density at radius 1 is 1.20 bits per heavy atom. The number of hydrogen-bond donors (Lipinski definition) is 0. The Bertz CT molecular complexity index is 224. The molecule has 1 aromatic rings. The van der Waals surface area contributed by atoms with Crippen LogP contribution in [-0.2, 0) is 0 Å². The molecule has 0 atom stereocenters. The van der Waals surface area contributed by atoms with Gasteiger partial charge in [0.05, 0.1) is 0 Å². The molecule has 0 nitrogen and oxygen atoms in total. The molecule has 0 spiro atoms. The Labute approximate surface area is 77.7 Å². The summed E-state index contributed by atoms with van der Waals surface area (Å²) in [5.41, 5.74) is 0. The number of benzene rings is 1. The fourth-order valence-electron chi connectivity index (χ4n) is 0.581. The Morgan fingerprint density at radius 2 is 1.90 bits per heavy atom. The minimum absolute atomic E-state index is 0.693. The van der Waals surface area contributed by atoms with Crippen LogP contribution in [-0.4, -0.2) is 12.8 Å². The van der Waals surface area contributed by atoms with Gasteiger partial charge >= 0.3 is 77.9 Å². The molecular weight excluding hydrogens is 253 g/mol. The molecule has 0 amide bonds. The van der Waals surface area contributed by atoms with Gasteiger partial charge in [-0.15, -0.1) is 0 Å². The van der Waals surface area contributed by atoms with Crippen molar-refractivity contribution >= 4 is 48.6 Å². The van der Waals surface area contributed by atoms with Gasteiger partial charge in [-0.05, 0) is 0 Å². The SMILES string of the molecule is Clc1cccc([As](Cl)Cl)c1. The Kier molecular flexibility index (Phi) is 3.39. The van der Waals surface area contributed by atoms with Crippen LogP contribution in [0.25, 0.3) is 0 Å². The van der Waals surface area contributed by atoms with Crippen molar-refractivity contribution in [1.29, 1.82) is 0 Å². The average molecular weight is 257 g/mol. The van der Waals surface area contributed by atoms with Crippen LogP contribution in [0.5, 0.6) is 0 Å². The fraction of sp³-hybridized carbons (Fsp3) is 0. The van der Waals surface area contributed by atoms with E-state index in [-0.39, 0.29) is 0 Å². The van der Waals surface area contributed by atoms with Gasteiger partial charge in [0.1, 0.15) is 0 Å². The summed E-state index contributed by atoms with van der Waals surface area (Å²) in [6, 6.07) is 7.36. The van der Waals surface area contributed by atoms with E-state index in [0.717, 1.165) is 4.35 Å². The van der Waals surface area contributed by atoms with Crippen LogP contribution >= 0.6 is 31.5 Å². The van der Waals surface area contributed by atoms with E-state index in [1.807, 2.05) is 18.2 Å². The summed E-state index contributed by atoms with van der Waals surface area (Å²) in [6.45, 7) is 0. The summed E-state index contributed by atoms with van der Waals surface area (Å²) in [6.07, 6.45) is 0. The maximum atomic E-state index is 5.73. The predicted octanol–water partition coefficient (Wildman–Crippen LogP) is 2.51. The molecule has 0 aromatic heterocycles. The zero-order valence-electron chi connectivity index (χ0n) is 4.89. The van der Waals surface area contributed by atoms with Crippen LogP contribution in [0, 0.1) is 0 Å². The standard InChI is InChI=1S/C6H4AsCl3/c8-6-3-1-2-5(4-6)7(9)10/h1-4H. The van der Waals surface area contributed by atoms with E-state index in [1.165, 1.54) is 0 Å². The zero-order chi connectivity index (χ0) is 7.56. The number of halogens is 3. The Hall–Kier alpha value is 0.648. The quantitative estimate of drug-likeness (QED) is 0.678. The molecule has 0 fully saturated rings. The second-order valence-electron chi connectivity index (χ2n) is 1.71. The summed E-state index contributed by atoms with van der Waals surface area (Å²) < 4.78 is 0.975. The van der Waals surface area contributed by atoms with Gasteiger partial charge in [0.25, 0.3) is 0 Å². The zero-order valence-corrected chi connectivity index (χ0v) is 9.03. The van der Waals surface area contributed by atoms with E-state index < -0.39 is 12.8 Å². The molecule has 0 aliphatic rings. The van der Waals surface area contributed by atoms with Gasteiger partial charge in [-0.1, -0.05) is 0 Å². The van der Waals surface area contributed by atoms with Gasteiger partial charge in [0.2, 0.25) is 0 Å². The molecule has 0 heterocycles. The van der Waals surface area contributed by atoms with Gasteiger partial charge in [0.15, 0.2) is 0 Å². The van der Waals surface area contributed by atoms with Gasteiger partial charge in [0, 0.05) is 0 Å². The van der Waals surface area contributed by atoms with E-state index in [9.17, 15) is 0 Å². The van der Waals surface area contributed by atoms with Gasteiger partial charge in [-0.2, -0.15) is 0 Å². The first-order valence-electron chi connectivity index (χ1n) is 2.57. The normalized spacial score (nSPS) is 10.4. The van der Waals surface area contributed by atoms with Crippen molar-refractivity contribution in [3.05, 3.63) is 29.3 Å². The van der Waals surface area contributed by atoms with Crippen molar-refractivity contribution in [3.63, 3.8) is 0 Å². The molecular formula is C6H4AsCl3. The summed E-state index contributed by atoms with van der Waals surface area (Å²) in [7, 11) is 11.5. The van der Waals surface area contributed by atoms with Crippen LogP contribution in [0.1, 0.15) is 0 Å². The van der Waals surface area contributed by atoms with Crippen LogP contribution in [0.3, 0.4) is 0 Å². The third-order valence-electron chi connectivity index (χ3n) is 1.00. The molecule has 4 heteroatoms. The molecule has 1 aromatic carbocycles. The predicted molar refractivity (Wildman–Crippen MR) is 48.5 cm³/mol. The van der Waals surface area contributed by atoms with Gasteiger partial charge in [-0.3, -0.25) is 0 Å². The first-order valence-corrected chi connectivity index (χ1v) is 8.82. The Morgan fingerprint density at radius 3 is 2.30 bits per heavy atom. The van der Waals surface area contributed by atoms with Gasteiger partial charge in [-0.25, -0.2) is 0 Å². The van der Waals surface area contributed by atoms with Crippen molar-refractivity contribution in [2.75, 3.05) is 0 Å². The third-order valence-corrected chi connectivity index (χ3v) is 4.67. The summed E-state index contributed by atoms with van der Waals surface area (Å²) in [4.78, 5) is 0. The second-order valence-corrected chi connectivity index (χ2v) is 8.62. The first-order chi connectivity index (χ1) is 4.70. The van der Waals surface area contributed by atoms with Crippen molar-refractivity contribution < 1.29 is 0 Å². The number of rotatable bonds is 1. The van der Waals surface area contributed by atoms with Crippen LogP contribution in [0.2, 0.25) is 5.02 Å². The molecule has 1 rings (SSSR count). The second kappa shape index (κ2) is 3.87. The van der Waals surface area contributed by atoms with Crippen LogP contribution in [0.4, 0.5) is 0 Å². The topological polar surface area (TPSA) is 0 Å².